The van der Waals surface area contributed by atoms with Crippen LogP contribution in [0, 0.1) is 5.92 Å². The fourth-order valence-corrected chi connectivity index (χ4v) is 6.08. The summed E-state index contributed by atoms with van der Waals surface area (Å²) >= 11 is 6.71. The molecule has 0 atom stereocenters. The molecule has 0 aliphatic carbocycles. The molecule has 1 fully saturated rings. The molecule has 0 saturated carbocycles. The molecule has 0 radical (unpaired) electrons. The number of methoxy groups -OCH3 is 2. The summed E-state index contributed by atoms with van der Waals surface area (Å²) in [7, 11) is 5.24. The van der Waals surface area contributed by atoms with Crippen molar-refractivity contribution in [2.45, 2.75) is 33.4 Å². The molecule has 9 nitrogen and oxygen atoms in total. The standard InChI is InChI=1S/C36H46ClN5O4/c1-26(2)15-16-41(36(43)29-13-14-32(44-4)35(45-5)34(29)37)25-33-38-30-11-6-7-12-31(30)42(33)24-27-9-8-10-28(23-27)46-22-21-40-19-17-39(3)18-20-40/h6-14,23,26H,15-22,24-25H2,1-5H3. The van der Waals surface area contributed by atoms with Gasteiger partial charge in [0.25, 0.3) is 5.91 Å². The van der Waals surface area contributed by atoms with E-state index in [1.54, 1.807) is 19.2 Å². The zero-order chi connectivity index (χ0) is 32.6. The van der Waals surface area contributed by atoms with Crippen LogP contribution in [0.3, 0.4) is 0 Å². The highest BCUT2D eigenvalue weighted by Crippen LogP contribution is 2.38. The lowest BCUT2D eigenvalue weighted by Crippen LogP contribution is -2.45. The van der Waals surface area contributed by atoms with Gasteiger partial charge in [-0.2, -0.15) is 0 Å². The average molecular weight is 648 g/mol. The van der Waals surface area contributed by atoms with Gasteiger partial charge in [0.1, 0.15) is 18.2 Å². The van der Waals surface area contributed by atoms with Crippen LogP contribution in [0.25, 0.3) is 11.0 Å². The maximum Gasteiger partial charge on any atom is 0.255 e. The Hall–Kier alpha value is -3.79. The van der Waals surface area contributed by atoms with Crippen LogP contribution in [-0.4, -0.2) is 97.3 Å². The van der Waals surface area contributed by atoms with Gasteiger partial charge in [0.2, 0.25) is 0 Å². The van der Waals surface area contributed by atoms with Crippen LogP contribution >= 0.6 is 11.6 Å². The molecule has 1 aliphatic heterocycles. The molecule has 5 rings (SSSR count). The van der Waals surface area contributed by atoms with Gasteiger partial charge >= 0.3 is 0 Å². The van der Waals surface area contributed by atoms with Crippen molar-refractivity contribution in [2.75, 3.05) is 67.1 Å². The van der Waals surface area contributed by atoms with E-state index in [4.69, 9.17) is 30.8 Å². The summed E-state index contributed by atoms with van der Waals surface area (Å²) in [6.07, 6.45) is 0.838. The lowest BCUT2D eigenvalue weighted by Gasteiger charge is -2.32. The number of hydrogen-bond acceptors (Lipinski definition) is 7. The SMILES string of the molecule is COc1ccc(C(=O)N(CCC(C)C)Cc2nc3ccccc3n2Cc2cccc(OCCN3CCN(C)CC3)c2)c(Cl)c1OC. The minimum absolute atomic E-state index is 0.180. The second kappa shape index (κ2) is 15.7. The number of aromatic nitrogens is 2. The van der Waals surface area contributed by atoms with Crippen molar-refractivity contribution in [2.24, 2.45) is 5.92 Å². The first-order valence-electron chi connectivity index (χ1n) is 16.0. The van der Waals surface area contributed by atoms with E-state index in [9.17, 15) is 4.79 Å². The largest absolute Gasteiger partial charge is 0.493 e. The molecule has 1 amide bonds. The minimum atomic E-state index is -0.180. The molecule has 46 heavy (non-hydrogen) atoms. The van der Waals surface area contributed by atoms with E-state index in [2.05, 4.69) is 53.5 Å². The third-order valence-corrected chi connectivity index (χ3v) is 8.93. The van der Waals surface area contributed by atoms with Crippen LogP contribution in [0.5, 0.6) is 17.2 Å². The van der Waals surface area contributed by atoms with Gasteiger partial charge < -0.3 is 28.6 Å². The minimum Gasteiger partial charge on any atom is -0.493 e. The predicted molar refractivity (Wildman–Crippen MR) is 183 cm³/mol. The van der Waals surface area contributed by atoms with Crippen LogP contribution in [0.4, 0.5) is 0 Å². The van der Waals surface area contributed by atoms with Crippen molar-refractivity contribution in [3.8, 4) is 17.2 Å². The van der Waals surface area contributed by atoms with Crippen molar-refractivity contribution in [3.63, 3.8) is 0 Å². The normalized spacial score (nSPS) is 14.2. The molecule has 2 heterocycles. The van der Waals surface area contributed by atoms with Crippen molar-refractivity contribution < 1.29 is 19.0 Å². The van der Waals surface area contributed by atoms with E-state index in [-0.39, 0.29) is 10.9 Å². The monoisotopic (exact) mass is 647 g/mol. The number of carbonyl (C=O) groups excluding carboxylic acids is 1. The Morgan fingerprint density at radius 1 is 1.00 bits per heavy atom. The Labute approximate surface area is 277 Å². The van der Waals surface area contributed by atoms with Crippen molar-refractivity contribution in [3.05, 3.63) is 82.6 Å². The smallest absolute Gasteiger partial charge is 0.255 e. The summed E-state index contributed by atoms with van der Waals surface area (Å²) in [5.74, 6) is 2.71. The number of para-hydroxylation sites is 2. The van der Waals surface area contributed by atoms with Crippen LogP contribution < -0.4 is 14.2 Å². The molecule has 1 aromatic heterocycles. The molecule has 246 valence electrons. The summed E-state index contributed by atoms with van der Waals surface area (Å²) in [6, 6.07) is 19.8. The van der Waals surface area contributed by atoms with Crippen LogP contribution in [0.1, 0.15) is 42.0 Å². The molecule has 10 heteroatoms. The summed E-state index contributed by atoms with van der Waals surface area (Å²) in [4.78, 5) is 25.8. The number of piperazine rings is 1. The number of ether oxygens (including phenoxy) is 3. The molecule has 0 bridgehead atoms. The molecule has 3 aromatic carbocycles. The van der Waals surface area contributed by atoms with E-state index in [0.29, 0.717) is 49.2 Å². The topological polar surface area (TPSA) is 72.3 Å². The lowest BCUT2D eigenvalue weighted by atomic mass is 10.1. The molecule has 0 unspecified atom stereocenters. The number of rotatable bonds is 14. The van der Waals surface area contributed by atoms with Crippen molar-refractivity contribution >= 4 is 28.5 Å². The van der Waals surface area contributed by atoms with Crippen molar-refractivity contribution in [1.82, 2.24) is 24.3 Å². The van der Waals surface area contributed by atoms with E-state index in [0.717, 1.165) is 67.3 Å². The predicted octanol–water partition coefficient (Wildman–Crippen LogP) is 6.07. The van der Waals surface area contributed by atoms with Gasteiger partial charge in [0.05, 0.1) is 42.4 Å². The van der Waals surface area contributed by atoms with Gasteiger partial charge in [0, 0.05) is 45.8 Å². The zero-order valence-corrected chi connectivity index (χ0v) is 28.4. The first kappa shape index (κ1) is 33.6. The first-order valence-corrected chi connectivity index (χ1v) is 16.4. The Morgan fingerprint density at radius 3 is 2.52 bits per heavy atom. The number of benzene rings is 3. The highest BCUT2D eigenvalue weighted by molar-refractivity contribution is 6.35. The van der Waals surface area contributed by atoms with Crippen LogP contribution in [0.2, 0.25) is 5.02 Å². The van der Waals surface area contributed by atoms with Gasteiger partial charge in [-0.05, 0) is 61.3 Å². The number of imidazole rings is 1. The van der Waals surface area contributed by atoms with Gasteiger partial charge in [-0.3, -0.25) is 9.69 Å². The van der Waals surface area contributed by atoms with E-state index in [1.807, 2.05) is 35.2 Å². The number of amides is 1. The Kier molecular flexibility index (Phi) is 11.4. The summed E-state index contributed by atoms with van der Waals surface area (Å²) in [5, 5.41) is 0.235. The zero-order valence-electron chi connectivity index (χ0n) is 27.7. The second-order valence-electron chi connectivity index (χ2n) is 12.3. The van der Waals surface area contributed by atoms with E-state index < -0.39 is 0 Å². The number of halogens is 1. The van der Waals surface area contributed by atoms with E-state index >= 15 is 0 Å². The summed E-state index contributed by atoms with van der Waals surface area (Å²) in [6.45, 7) is 11.7. The number of carbonyl (C=O) groups is 1. The molecular formula is C36H46ClN5O4. The molecule has 4 aromatic rings. The number of hydrogen-bond donors (Lipinski definition) is 0. The van der Waals surface area contributed by atoms with Gasteiger partial charge in [-0.1, -0.05) is 49.7 Å². The van der Waals surface area contributed by atoms with Gasteiger partial charge in [-0.25, -0.2) is 4.98 Å². The van der Waals surface area contributed by atoms with Gasteiger partial charge in [-0.15, -0.1) is 0 Å². The second-order valence-corrected chi connectivity index (χ2v) is 12.7. The maximum absolute atomic E-state index is 14.1. The third kappa shape index (κ3) is 8.13. The Bertz CT molecular complexity index is 1620. The fraction of sp³-hybridized carbons (Fsp3) is 0.444. The molecule has 1 saturated heterocycles. The van der Waals surface area contributed by atoms with Crippen LogP contribution in [-0.2, 0) is 13.1 Å². The molecular weight excluding hydrogens is 602 g/mol. The maximum atomic E-state index is 14.1. The number of nitrogens with zero attached hydrogens (tertiary/aromatic N) is 5. The summed E-state index contributed by atoms with van der Waals surface area (Å²) < 4.78 is 19.3. The number of likely N-dealkylation sites (N-methyl/N-ethyl adjacent to an activating group) is 1. The Balaban J connectivity index is 1.38. The molecule has 0 N–H and O–H groups in total. The molecule has 1 aliphatic rings. The summed E-state index contributed by atoms with van der Waals surface area (Å²) in [5.41, 5.74) is 3.37. The first-order chi connectivity index (χ1) is 22.3. The highest BCUT2D eigenvalue weighted by atomic mass is 35.5. The van der Waals surface area contributed by atoms with Crippen molar-refractivity contribution in [1.29, 1.82) is 0 Å². The highest BCUT2D eigenvalue weighted by Gasteiger charge is 2.25. The Morgan fingerprint density at radius 2 is 1.78 bits per heavy atom. The van der Waals surface area contributed by atoms with Crippen LogP contribution in [0.15, 0.2) is 60.7 Å². The number of fused-ring (bicyclic) bond motifs is 1. The third-order valence-electron chi connectivity index (χ3n) is 8.56. The molecule has 0 spiro atoms. The average Bonchev–Trinajstić information content (AvgIpc) is 3.40. The quantitative estimate of drug-likeness (QED) is 0.165. The fourth-order valence-electron chi connectivity index (χ4n) is 5.76. The van der Waals surface area contributed by atoms with Gasteiger partial charge in [0.15, 0.2) is 11.5 Å². The lowest BCUT2D eigenvalue weighted by molar-refractivity contribution is 0.0729. The van der Waals surface area contributed by atoms with E-state index in [1.165, 1.54) is 7.11 Å².